The van der Waals surface area contributed by atoms with E-state index in [1.165, 1.54) is 35.6 Å². The predicted octanol–water partition coefficient (Wildman–Crippen LogP) is 2.59. The largest absolute Gasteiger partial charge is 0.394 e. The van der Waals surface area contributed by atoms with E-state index in [1.54, 1.807) is 0 Å². The Bertz CT molecular complexity index is 1150. The third-order valence-electron chi connectivity index (χ3n) is 5.41. The Balaban J connectivity index is 1.62. The van der Waals surface area contributed by atoms with Gasteiger partial charge in [-0.1, -0.05) is 6.07 Å². The van der Waals surface area contributed by atoms with E-state index in [0.717, 1.165) is 0 Å². The molecule has 1 aromatic carbocycles. The number of pyridine rings is 1. The van der Waals surface area contributed by atoms with E-state index < -0.39 is 11.6 Å². The molecule has 1 saturated heterocycles. The lowest BCUT2D eigenvalue weighted by molar-refractivity contribution is 0.0723. The second-order valence-electron chi connectivity index (χ2n) is 7.27. The van der Waals surface area contributed by atoms with Crippen LogP contribution in [0.3, 0.4) is 0 Å². The third kappa shape index (κ3) is 3.46. The standard InChI is InChI=1S/C21H18F2N4O3S/c22-13-2-1-3-14(23)19(13)15-6-12(18-16(25-15)7-24-20(18)29)21-26-17(10-31-21)27-4-5-30-9-11(27)8-28/h1-3,6,10-11,28H,4-5,7-9H2,(H,24,29)/t11-/m0/s1. The third-order valence-corrected chi connectivity index (χ3v) is 6.27. The smallest absolute Gasteiger partial charge is 0.254 e. The molecule has 10 heteroatoms. The number of thiazole rings is 1. The summed E-state index contributed by atoms with van der Waals surface area (Å²) in [5.74, 6) is -1.09. The van der Waals surface area contributed by atoms with Crippen molar-refractivity contribution in [3.8, 4) is 21.8 Å². The van der Waals surface area contributed by atoms with E-state index in [9.17, 15) is 18.7 Å². The summed E-state index contributed by atoms with van der Waals surface area (Å²) in [6, 6.07) is 4.94. The van der Waals surface area contributed by atoms with E-state index in [1.807, 2.05) is 10.3 Å². The molecule has 2 aliphatic heterocycles. The average molecular weight is 444 g/mol. The molecule has 0 aliphatic carbocycles. The summed E-state index contributed by atoms with van der Waals surface area (Å²) < 4.78 is 34.2. The van der Waals surface area contributed by atoms with Crippen molar-refractivity contribution in [1.29, 1.82) is 0 Å². The molecule has 4 heterocycles. The molecule has 2 N–H and O–H groups in total. The van der Waals surface area contributed by atoms with Crippen LogP contribution in [0, 0.1) is 11.6 Å². The first-order valence-electron chi connectivity index (χ1n) is 9.74. The summed E-state index contributed by atoms with van der Waals surface area (Å²) in [5, 5.41) is 14.7. The zero-order valence-electron chi connectivity index (χ0n) is 16.3. The number of nitrogens with one attached hydrogen (secondary N) is 1. The first-order valence-corrected chi connectivity index (χ1v) is 10.6. The number of nitrogens with zero attached hydrogens (tertiary/aromatic N) is 3. The van der Waals surface area contributed by atoms with Crippen molar-refractivity contribution in [3.63, 3.8) is 0 Å². The number of hydrogen-bond acceptors (Lipinski definition) is 7. The number of carbonyl (C=O) groups is 1. The van der Waals surface area contributed by atoms with Gasteiger partial charge in [0.1, 0.15) is 22.5 Å². The highest BCUT2D eigenvalue weighted by Crippen LogP contribution is 2.37. The van der Waals surface area contributed by atoms with Crippen molar-refractivity contribution in [2.75, 3.05) is 31.3 Å². The molecule has 31 heavy (non-hydrogen) atoms. The number of ether oxygens (including phenoxy) is 1. The molecular weight excluding hydrogens is 426 g/mol. The van der Waals surface area contributed by atoms with Gasteiger partial charge in [-0.25, -0.2) is 18.7 Å². The van der Waals surface area contributed by atoms with Crippen molar-refractivity contribution in [3.05, 3.63) is 52.5 Å². The minimum atomic E-state index is -0.727. The molecular formula is C21H18F2N4O3S. The number of benzene rings is 1. The molecule has 0 unspecified atom stereocenters. The number of morpholine rings is 1. The Hall–Kier alpha value is -2.95. The van der Waals surface area contributed by atoms with Crippen LogP contribution in [0.4, 0.5) is 14.6 Å². The summed E-state index contributed by atoms with van der Waals surface area (Å²) in [7, 11) is 0. The van der Waals surface area contributed by atoms with Gasteiger partial charge in [0.05, 0.1) is 54.9 Å². The van der Waals surface area contributed by atoms with Gasteiger partial charge in [0.15, 0.2) is 0 Å². The Kier molecular flexibility index (Phi) is 5.12. The van der Waals surface area contributed by atoms with E-state index in [4.69, 9.17) is 4.74 Å². The lowest BCUT2D eigenvalue weighted by Gasteiger charge is -2.34. The molecule has 3 aromatic rings. The lowest BCUT2D eigenvalue weighted by atomic mass is 10.0. The molecule has 0 saturated carbocycles. The average Bonchev–Trinajstić information content (AvgIpc) is 3.41. The Morgan fingerprint density at radius 2 is 2.06 bits per heavy atom. The van der Waals surface area contributed by atoms with Gasteiger partial charge in [-0.3, -0.25) is 4.79 Å². The summed E-state index contributed by atoms with van der Waals surface area (Å²) in [4.78, 5) is 23.5. The Morgan fingerprint density at radius 1 is 1.26 bits per heavy atom. The quantitative estimate of drug-likeness (QED) is 0.643. The first-order chi connectivity index (χ1) is 15.1. The van der Waals surface area contributed by atoms with Crippen LogP contribution in [-0.2, 0) is 11.3 Å². The van der Waals surface area contributed by atoms with Gasteiger partial charge in [0.25, 0.3) is 5.91 Å². The van der Waals surface area contributed by atoms with Crippen molar-refractivity contribution >= 4 is 23.1 Å². The van der Waals surface area contributed by atoms with Crippen LogP contribution in [0.25, 0.3) is 21.8 Å². The van der Waals surface area contributed by atoms with Crippen molar-refractivity contribution in [1.82, 2.24) is 15.3 Å². The minimum absolute atomic E-state index is 0.0728. The van der Waals surface area contributed by atoms with Crippen LogP contribution in [0.15, 0.2) is 29.6 Å². The molecule has 0 spiro atoms. The number of hydrogen-bond donors (Lipinski definition) is 2. The summed E-state index contributed by atoms with van der Waals surface area (Å²) in [5.41, 5.74) is 1.13. The number of aromatic nitrogens is 2. The Labute approximate surface area is 180 Å². The molecule has 160 valence electrons. The number of aliphatic hydroxyl groups excluding tert-OH is 1. The summed E-state index contributed by atoms with van der Waals surface area (Å²) >= 11 is 1.32. The fourth-order valence-corrected chi connectivity index (χ4v) is 4.74. The molecule has 0 radical (unpaired) electrons. The highest BCUT2D eigenvalue weighted by Gasteiger charge is 2.30. The fourth-order valence-electron chi connectivity index (χ4n) is 3.90. The van der Waals surface area contributed by atoms with Crippen LogP contribution in [0.1, 0.15) is 16.1 Å². The van der Waals surface area contributed by atoms with Gasteiger partial charge in [-0.05, 0) is 18.2 Å². The highest BCUT2D eigenvalue weighted by atomic mass is 32.1. The second-order valence-corrected chi connectivity index (χ2v) is 8.13. The number of fused-ring (bicyclic) bond motifs is 1. The number of amides is 1. The lowest BCUT2D eigenvalue weighted by Crippen LogP contribution is -2.47. The van der Waals surface area contributed by atoms with Gasteiger partial charge in [-0.2, -0.15) is 0 Å². The topological polar surface area (TPSA) is 87.6 Å². The summed E-state index contributed by atoms with van der Waals surface area (Å²) in [6.07, 6.45) is 0. The van der Waals surface area contributed by atoms with Gasteiger partial charge in [-0.15, -0.1) is 11.3 Å². The molecule has 1 amide bonds. The number of rotatable bonds is 4. The van der Waals surface area contributed by atoms with Gasteiger partial charge in [0, 0.05) is 17.5 Å². The van der Waals surface area contributed by atoms with E-state index in [-0.39, 0.29) is 36.4 Å². The zero-order chi connectivity index (χ0) is 21.5. The maximum Gasteiger partial charge on any atom is 0.254 e. The van der Waals surface area contributed by atoms with Crippen LogP contribution < -0.4 is 10.2 Å². The normalized spacial score (nSPS) is 18.2. The number of aliphatic hydroxyl groups is 1. The van der Waals surface area contributed by atoms with Gasteiger partial charge in [0.2, 0.25) is 0 Å². The fraction of sp³-hybridized carbons (Fsp3) is 0.286. The molecule has 1 fully saturated rings. The van der Waals surface area contributed by atoms with Crippen LogP contribution in [-0.4, -0.2) is 53.4 Å². The monoisotopic (exact) mass is 444 g/mol. The van der Waals surface area contributed by atoms with E-state index >= 15 is 0 Å². The Morgan fingerprint density at radius 3 is 2.84 bits per heavy atom. The molecule has 2 aromatic heterocycles. The van der Waals surface area contributed by atoms with Crippen molar-refractivity contribution < 1.29 is 23.4 Å². The number of anilines is 1. The minimum Gasteiger partial charge on any atom is -0.394 e. The molecule has 7 nitrogen and oxygen atoms in total. The van der Waals surface area contributed by atoms with E-state index in [2.05, 4.69) is 15.3 Å². The van der Waals surface area contributed by atoms with Crippen LogP contribution >= 0.6 is 11.3 Å². The van der Waals surface area contributed by atoms with Crippen LogP contribution in [0.2, 0.25) is 0 Å². The highest BCUT2D eigenvalue weighted by molar-refractivity contribution is 7.13. The zero-order valence-corrected chi connectivity index (χ0v) is 17.1. The van der Waals surface area contributed by atoms with Crippen molar-refractivity contribution in [2.24, 2.45) is 0 Å². The molecule has 1 atom stereocenters. The number of carbonyl (C=O) groups excluding carboxylic acids is 1. The van der Waals surface area contributed by atoms with Crippen LogP contribution in [0.5, 0.6) is 0 Å². The van der Waals surface area contributed by atoms with Gasteiger partial charge < -0.3 is 20.1 Å². The maximum absolute atomic E-state index is 14.4. The first kappa shape index (κ1) is 20.0. The predicted molar refractivity (Wildman–Crippen MR) is 111 cm³/mol. The molecule has 5 rings (SSSR count). The van der Waals surface area contributed by atoms with Gasteiger partial charge >= 0.3 is 0 Å². The number of halogens is 2. The second kappa shape index (κ2) is 7.95. The molecule has 0 bridgehead atoms. The maximum atomic E-state index is 14.4. The van der Waals surface area contributed by atoms with Crippen molar-refractivity contribution in [2.45, 2.75) is 12.6 Å². The molecule has 2 aliphatic rings. The van der Waals surface area contributed by atoms with E-state index in [0.29, 0.717) is 47.4 Å². The summed E-state index contributed by atoms with van der Waals surface area (Å²) in [6.45, 7) is 1.60. The SMILES string of the molecule is O=C1NCc2nc(-c3c(F)cccc3F)cc(-c3nc(N4CCOC[C@@H]4CO)cs3)c21.